The van der Waals surface area contributed by atoms with Crippen LogP contribution in [0.3, 0.4) is 0 Å². The molecule has 0 radical (unpaired) electrons. The van der Waals surface area contributed by atoms with Gasteiger partial charge >= 0.3 is 0 Å². The van der Waals surface area contributed by atoms with Crippen molar-refractivity contribution in [2.75, 3.05) is 6.54 Å². The molecule has 8 atom stereocenters. The van der Waals surface area contributed by atoms with Gasteiger partial charge in [-0.05, 0) is 139 Å². The number of amides is 1. The summed E-state index contributed by atoms with van der Waals surface area (Å²) < 4.78 is 3.68. The highest BCUT2D eigenvalue weighted by molar-refractivity contribution is 7.97. The maximum absolute atomic E-state index is 8.58. The average molecular weight is 615 g/mol. The fourth-order valence-corrected chi connectivity index (χ4v) is 10.9. The van der Waals surface area contributed by atoms with Gasteiger partial charge in [0.15, 0.2) is 0 Å². The van der Waals surface area contributed by atoms with E-state index in [0.717, 1.165) is 42.1 Å². The summed E-state index contributed by atoms with van der Waals surface area (Å²) in [5, 5.41) is 0. The lowest BCUT2D eigenvalue weighted by Crippen LogP contribution is -2.55. The van der Waals surface area contributed by atoms with Crippen LogP contribution in [0.15, 0.2) is 29.2 Å². The number of primary amides is 1. The van der Waals surface area contributed by atoms with Gasteiger partial charge in [-0.25, -0.2) is 0 Å². The van der Waals surface area contributed by atoms with E-state index in [1.165, 1.54) is 81.1 Å². The molecule has 4 fully saturated rings. The molecule has 1 aromatic carbocycles. The summed E-state index contributed by atoms with van der Waals surface area (Å²) in [5.74, 6) is 6.08. The highest BCUT2D eigenvalue weighted by Gasteiger charge is 2.60. The van der Waals surface area contributed by atoms with Crippen molar-refractivity contribution in [3.8, 4) is 0 Å². The molecule has 0 bridgehead atoms. The lowest BCUT2D eigenvalue weighted by Gasteiger charge is -2.62. The van der Waals surface area contributed by atoms with E-state index >= 15 is 0 Å². The molecule has 43 heavy (non-hydrogen) atoms. The first-order valence-electron chi connectivity index (χ1n) is 18.2. The second kappa shape index (κ2) is 17.6. The Morgan fingerprint density at radius 3 is 2.14 bits per heavy atom. The Bertz CT molecular complexity index is 926. The third kappa shape index (κ3) is 8.84. The Morgan fingerprint density at radius 1 is 0.907 bits per heavy atom. The summed E-state index contributed by atoms with van der Waals surface area (Å²) >= 11 is 1.82. The SMILES string of the molecule is CC.CC.CC[C@H]1CC2C3CCC(CCCNSc4ccc(C(C)(C)C)cc4)C3(C)CC[C@@H]2C2(C)CCCCC12.NC=O. The van der Waals surface area contributed by atoms with Crippen LogP contribution in [-0.2, 0) is 10.2 Å². The minimum Gasteiger partial charge on any atom is -0.372 e. The Balaban J connectivity index is 0.000000853. The fourth-order valence-electron chi connectivity index (χ4n) is 10.2. The summed E-state index contributed by atoms with van der Waals surface area (Å²) in [4.78, 5) is 9.92. The molecule has 248 valence electrons. The first-order chi connectivity index (χ1) is 20.6. The number of nitrogens with two attached hydrogens (primary N) is 1. The number of carbonyl (C=O) groups is 1. The van der Waals surface area contributed by atoms with Gasteiger partial charge in [0.1, 0.15) is 0 Å². The maximum atomic E-state index is 8.58. The summed E-state index contributed by atoms with van der Waals surface area (Å²) in [5.41, 5.74) is 7.10. The molecule has 4 aliphatic rings. The van der Waals surface area contributed by atoms with E-state index in [1.54, 1.807) is 6.42 Å². The molecule has 0 aromatic heterocycles. The predicted octanol–water partition coefficient (Wildman–Crippen LogP) is 11.2. The normalized spacial score (nSPS) is 34.4. The minimum absolute atomic E-state index is 0.232. The molecule has 1 aromatic rings. The lowest BCUT2D eigenvalue weighted by molar-refractivity contribution is -0.135. The van der Waals surface area contributed by atoms with Gasteiger partial charge in [-0.1, -0.05) is 101 Å². The van der Waals surface area contributed by atoms with Crippen LogP contribution >= 0.6 is 11.9 Å². The number of nitrogens with one attached hydrogen (secondary N) is 1. The third-order valence-corrected chi connectivity index (χ3v) is 13.1. The van der Waals surface area contributed by atoms with E-state index in [9.17, 15) is 0 Å². The van der Waals surface area contributed by atoms with Gasteiger partial charge in [0.2, 0.25) is 6.41 Å². The Labute approximate surface area is 272 Å². The van der Waals surface area contributed by atoms with Crippen LogP contribution in [0.5, 0.6) is 0 Å². The molecule has 4 heteroatoms. The maximum Gasteiger partial charge on any atom is 0.204 e. The van der Waals surface area contributed by atoms with Gasteiger partial charge in [0.25, 0.3) is 0 Å². The number of benzene rings is 1. The molecule has 0 aliphatic heterocycles. The largest absolute Gasteiger partial charge is 0.372 e. The minimum atomic E-state index is 0.232. The molecular weight excluding hydrogens is 545 g/mol. The van der Waals surface area contributed by atoms with Crippen LogP contribution in [0.2, 0.25) is 0 Å². The van der Waals surface area contributed by atoms with Crippen molar-refractivity contribution in [1.82, 2.24) is 4.72 Å². The van der Waals surface area contributed by atoms with Gasteiger partial charge < -0.3 is 5.73 Å². The molecule has 4 aliphatic carbocycles. The molecule has 6 unspecified atom stereocenters. The first kappa shape index (κ1) is 38.2. The van der Waals surface area contributed by atoms with Gasteiger partial charge in [0.05, 0.1) is 0 Å². The first-order valence-corrected chi connectivity index (χ1v) is 19.1. The Kier molecular flexibility index (Phi) is 15.7. The molecule has 0 saturated heterocycles. The second-order valence-corrected chi connectivity index (χ2v) is 16.0. The topological polar surface area (TPSA) is 55.1 Å². The van der Waals surface area contributed by atoms with Crippen LogP contribution in [-0.4, -0.2) is 13.0 Å². The van der Waals surface area contributed by atoms with Crippen LogP contribution < -0.4 is 10.5 Å². The zero-order chi connectivity index (χ0) is 32.3. The van der Waals surface area contributed by atoms with Crippen molar-refractivity contribution in [2.45, 2.75) is 157 Å². The molecule has 0 heterocycles. The highest BCUT2D eigenvalue weighted by atomic mass is 32.2. The molecule has 1 amide bonds. The molecule has 3 N–H and O–H groups in total. The summed E-state index contributed by atoms with van der Waals surface area (Å²) in [6.07, 6.45) is 18.2. The van der Waals surface area contributed by atoms with Crippen molar-refractivity contribution < 1.29 is 4.79 Å². The van der Waals surface area contributed by atoms with E-state index in [4.69, 9.17) is 4.79 Å². The van der Waals surface area contributed by atoms with Crippen molar-refractivity contribution >= 4 is 18.4 Å². The number of rotatable bonds is 7. The van der Waals surface area contributed by atoms with Gasteiger partial charge in [0, 0.05) is 11.4 Å². The quantitative estimate of drug-likeness (QED) is 0.182. The van der Waals surface area contributed by atoms with Gasteiger partial charge in [-0.15, -0.1) is 0 Å². The zero-order valence-corrected chi connectivity index (χ0v) is 30.8. The Hall–Kier alpha value is -1.00. The van der Waals surface area contributed by atoms with E-state index in [2.05, 4.69) is 76.3 Å². The van der Waals surface area contributed by atoms with Crippen molar-refractivity contribution in [1.29, 1.82) is 0 Å². The number of hydrogen-bond acceptors (Lipinski definition) is 3. The summed E-state index contributed by atoms with van der Waals surface area (Å²) in [7, 11) is 0. The molecule has 0 spiro atoms. The van der Waals surface area contributed by atoms with Crippen LogP contribution in [0.1, 0.15) is 152 Å². The van der Waals surface area contributed by atoms with Crippen molar-refractivity contribution in [2.24, 2.45) is 52.1 Å². The van der Waals surface area contributed by atoms with E-state index in [0.29, 0.717) is 10.8 Å². The van der Waals surface area contributed by atoms with Gasteiger partial charge in [-0.3, -0.25) is 9.52 Å². The van der Waals surface area contributed by atoms with E-state index in [-0.39, 0.29) is 11.8 Å². The predicted molar refractivity (Wildman–Crippen MR) is 190 cm³/mol. The standard InChI is InChI=1S/C34H55NS.2C2H6.CH3NO/c1-7-24-23-28-30-18-15-26(11-10-22-35-36-27-16-13-25(14-17-27)32(2,3)4)33(30,5)21-19-31(28)34(6)20-9-8-12-29(24)34;2*1-2;2-1-3/h13-14,16-17,24,26,28-31,35H,7-12,15,18-23H2,1-6H3;2*1-2H3;1H,(H2,2,3)/t24-,26?,28?,29?,30?,31-,33?,34?;;;/m0.../s1. The van der Waals surface area contributed by atoms with E-state index in [1.807, 2.05) is 39.6 Å². The smallest absolute Gasteiger partial charge is 0.204 e. The zero-order valence-electron chi connectivity index (χ0n) is 29.9. The summed E-state index contributed by atoms with van der Waals surface area (Å²) in [6.45, 7) is 24.0. The number of carbonyl (C=O) groups excluding carboxylic acids is 1. The van der Waals surface area contributed by atoms with Gasteiger partial charge in [-0.2, -0.15) is 0 Å². The average Bonchev–Trinajstić information content (AvgIpc) is 3.34. The van der Waals surface area contributed by atoms with Crippen LogP contribution in [0.25, 0.3) is 0 Å². The number of fused-ring (bicyclic) bond motifs is 5. The van der Waals surface area contributed by atoms with Crippen molar-refractivity contribution in [3.05, 3.63) is 29.8 Å². The second-order valence-electron chi connectivity index (χ2n) is 15.0. The molecule has 3 nitrogen and oxygen atoms in total. The van der Waals surface area contributed by atoms with Crippen LogP contribution in [0.4, 0.5) is 0 Å². The molecule has 4 saturated carbocycles. The van der Waals surface area contributed by atoms with Crippen molar-refractivity contribution in [3.63, 3.8) is 0 Å². The highest BCUT2D eigenvalue weighted by Crippen LogP contribution is 2.69. The number of hydrogen-bond donors (Lipinski definition) is 2. The third-order valence-electron chi connectivity index (χ3n) is 12.2. The van der Waals surface area contributed by atoms with E-state index < -0.39 is 0 Å². The monoisotopic (exact) mass is 615 g/mol. The molecular formula is C39H70N2OS. The summed E-state index contributed by atoms with van der Waals surface area (Å²) in [6, 6.07) is 9.16. The molecule has 5 rings (SSSR count). The lowest BCUT2D eigenvalue weighted by atomic mass is 9.42. The fraction of sp³-hybridized carbons (Fsp3) is 0.821. The Morgan fingerprint density at radius 2 is 1.53 bits per heavy atom. The van der Waals surface area contributed by atoms with Crippen LogP contribution in [0, 0.1) is 46.3 Å².